The first kappa shape index (κ1) is 9.02. The standard InChI is InChI=1S/C10H12N2O2/c11-9-3-1-2-8(6-9)10(13)12-4-5-14-7-12/h1-3,6H,4-5,7,11H2. The van der Waals surface area contributed by atoms with Crippen LogP contribution < -0.4 is 5.73 Å². The second-order valence-electron chi connectivity index (χ2n) is 3.23. The third-order valence-corrected chi connectivity index (χ3v) is 2.17. The van der Waals surface area contributed by atoms with Gasteiger partial charge in [-0.3, -0.25) is 4.79 Å². The Kier molecular flexibility index (Phi) is 2.37. The van der Waals surface area contributed by atoms with E-state index in [4.69, 9.17) is 10.5 Å². The average molecular weight is 192 g/mol. The van der Waals surface area contributed by atoms with Crippen molar-refractivity contribution < 1.29 is 9.53 Å². The van der Waals surface area contributed by atoms with Crippen LogP contribution in [0.5, 0.6) is 0 Å². The molecule has 14 heavy (non-hydrogen) atoms. The molecule has 0 atom stereocenters. The van der Waals surface area contributed by atoms with E-state index in [2.05, 4.69) is 0 Å². The number of anilines is 1. The Hall–Kier alpha value is -1.55. The molecule has 4 heteroatoms. The highest BCUT2D eigenvalue weighted by Crippen LogP contribution is 2.11. The van der Waals surface area contributed by atoms with Gasteiger partial charge in [-0.05, 0) is 18.2 Å². The summed E-state index contributed by atoms with van der Waals surface area (Å²) in [4.78, 5) is 13.5. The van der Waals surface area contributed by atoms with Gasteiger partial charge in [0.1, 0.15) is 6.73 Å². The van der Waals surface area contributed by atoms with E-state index in [-0.39, 0.29) is 5.91 Å². The van der Waals surface area contributed by atoms with E-state index in [1.54, 1.807) is 29.2 Å². The van der Waals surface area contributed by atoms with Gasteiger partial charge in [-0.2, -0.15) is 0 Å². The monoisotopic (exact) mass is 192 g/mol. The van der Waals surface area contributed by atoms with Crippen LogP contribution in [0.4, 0.5) is 5.69 Å². The molecule has 1 aliphatic heterocycles. The largest absolute Gasteiger partial charge is 0.399 e. The summed E-state index contributed by atoms with van der Waals surface area (Å²) < 4.78 is 5.10. The number of carbonyl (C=O) groups excluding carboxylic acids is 1. The molecule has 1 saturated heterocycles. The maximum Gasteiger partial charge on any atom is 0.255 e. The Bertz CT molecular complexity index is 346. The maximum absolute atomic E-state index is 11.8. The van der Waals surface area contributed by atoms with E-state index in [0.29, 0.717) is 31.1 Å². The first-order valence-corrected chi connectivity index (χ1v) is 4.50. The van der Waals surface area contributed by atoms with E-state index < -0.39 is 0 Å². The second-order valence-corrected chi connectivity index (χ2v) is 3.23. The zero-order valence-corrected chi connectivity index (χ0v) is 7.77. The van der Waals surface area contributed by atoms with Gasteiger partial charge >= 0.3 is 0 Å². The lowest BCUT2D eigenvalue weighted by atomic mass is 10.2. The van der Waals surface area contributed by atoms with Crippen molar-refractivity contribution >= 4 is 11.6 Å². The van der Waals surface area contributed by atoms with Gasteiger partial charge in [-0.15, -0.1) is 0 Å². The zero-order valence-electron chi connectivity index (χ0n) is 7.77. The molecule has 1 heterocycles. The Balaban J connectivity index is 2.17. The van der Waals surface area contributed by atoms with Gasteiger partial charge in [0.05, 0.1) is 6.61 Å². The van der Waals surface area contributed by atoms with E-state index in [1.807, 2.05) is 0 Å². The number of nitrogens with two attached hydrogens (primary N) is 1. The minimum atomic E-state index is -0.0187. The molecule has 0 aromatic heterocycles. The summed E-state index contributed by atoms with van der Waals surface area (Å²) in [5, 5.41) is 0. The van der Waals surface area contributed by atoms with Gasteiger partial charge < -0.3 is 15.4 Å². The van der Waals surface area contributed by atoms with Crippen LogP contribution in [0.3, 0.4) is 0 Å². The lowest BCUT2D eigenvalue weighted by Crippen LogP contribution is -2.28. The van der Waals surface area contributed by atoms with Gasteiger partial charge in [0.15, 0.2) is 0 Å². The highest BCUT2D eigenvalue weighted by molar-refractivity contribution is 5.95. The molecule has 0 saturated carbocycles. The van der Waals surface area contributed by atoms with Crippen LogP contribution >= 0.6 is 0 Å². The molecule has 74 valence electrons. The summed E-state index contributed by atoms with van der Waals surface area (Å²) in [7, 11) is 0. The highest BCUT2D eigenvalue weighted by atomic mass is 16.5. The van der Waals surface area contributed by atoms with Crippen molar-refractivity contribution in [1.82, 2.24) is 4.90 Å². The summed E-state index contributed by atoms with van der Waals surface area (Å²) in [5.41, 5.74) is 6.82. The molecular weight excluding hydrogens is 180 g/mol. The molecule has 1 amide bonds. The maximum atomic E-state index is 11.8. The number of nitrogens with zero attached hydrogens (tertiary/aromatic N) is 1. The Morgan fingerprint density at radius 3 is 3.00 bits per heavy atom. The van der Waals surface area contributed by atoms with Crippen molar-refractivity contribution in [3.8, 4) is 0 Å². The number of benzene rings is 1. The van der Waals surface area contributed by atoms with Crippen LogP contribution in [-0.2, 0) is 4.74 Å². The fourth-order valence-electron chi connectivity index (χ4n) is 1.43. The van der Waals surface area contributed by atoms with Gasteiger partial charge in [-0.1, -0.05) is 6.07 Å². The molecule has 0 spiro atoms. The first-order valence-electron chi connectivity index (χ1n) is 4.50. The minimum absolute atomic E-state index is 0.0187. The van der Waals surface area contributed by atoms with Crippen molar-refractivity contribution in [3.05, 3.63) is 29.8 Å². The van der Waals surface area contributed by atoms with E-state index in [0.717, 1.165) is 0 Å². The number of ether oxygens (including phenoxy) is 1. The molecule has 1 fully saturated rings. The number of rotatable bonds is 1. The summed E-state index contributed by atoms with van der Waals surface area (Å²) in [5.74, 6) is -0.0187. The number of amides is 1. The average Bonchev–Trinajstić information content (AvgIpc) is 2.69. The third-order valence-electron chi connectivity index (χ3n) is 2.17. The molecular formula is C10H12N2O2. The lowest BCUT2D eigenvalue weighted by molar-refractivity contribution is 0.0695. The molecule has 2 rings (SSSR count). The summed E-state index contributed by atoms with van der Waals surface area (Å²) in [6.45, 7) is 1.66. The zero-order chi connectivity index (χ0) is 9.97. The fraction of sp³-hybridized carbons (Fsp3) is 0.300. The molecule has 0 bridgehead atoms. The third kappa shape index (κ3) is 1.70. The van der Waals surface area contributed by atoms with Gasteiger partial charge in [0.2, 0.25) is 0 Å². The van der Waals surface area contributed by atoms with Gasteiger partial charge in [-0.25, -0.2) is 0 Å². The SMILES string of the molecule is Nc1cccc(C(=O)N2CCOC2)c1. The van der Waals surface area contributed by atoms with Crippen LogP contribution in [0.15, 0.2) is 24.3 Å². The predicted molar refractivity (Wildman–Crippen MR) is 52.7 cm³/mol. The number of nitrogen functional groups attached to an aromatic ring is 1. The number of carbonyl (C=O) groups is 1. The minimum Gasteiger partial charge on any atom is -0.399 e. The predicted octanol–water partition coefficient (Wildman–Crippen LogP) is 0.699. The van der Waals surface area contributed by atoms with Gasteiger partial charge in [0, 0.05) is 17.8 Å². The van der Waals surface area contributed by atoms with Crippen LogP contribution in [0.2, 0.25) is 0 Å². The smallest absolute Gasteiger partial charge is 0.255 e. The van der Waals surface area contributed by atoms with Crippen LogP contribution in [0.1, 0.15) is 10.4 Å². The summed E-state index contributed by atoms with van der Waals surface area (Å²) in [6.07, 6.45) is 0. The second kappa shape index (κ2) is 3.67. The molecule has 1 aromatic carbocycles. The van der Waals surface area contributed by atoms with E-state index in [9.17, 15) is 4.79 Å². The Morgan fingerprint density at radius 1 is 1.50 bits per heavy atom. The van der Waals surface area contributed by atoms with Crippen molar-refractivity contribution in [2.24, 2.45) is 0 Å². The quantitative estimate of drug-likeness (QED) is 0.666. The van der Waals surface area contributed by atoms with E-state index in [1.165, 1.54) is 0 Å². The number of hydrogen-bond donors (Lipinski definition) is 1. The molecule has 0 unspecified atom stereocenters. The van der Waals surface area contributed by atoms with Crippen molar-refractivity contribution in [3.63, 3.8) is 0 Å². The van der Waals surface area contributed by atoms with Crippen LogP contribution in [0, 0.1) is 0 Å². The summed E-state index contributed by atoms with van der Waals surface area (Å²) in [6, 6.07) is 6.98. The lowest BCUT2D eigenvalue weighted by Gasteiger charge is -2.13. The van der Waals surface area contributed by atoms with Crippen LogP contribution in [0.25, 0.3) is 0 Å². The van der Waals surface area contributed by atoms with Crippen LogP contribution in [-0.4, -0.2) is 30.7 Å². The Labute approximate surface area is 82.3 Å². The molecule has 0 radical (unpaired) electrons. The van der Waals surface area contributed by atoms with Crippen molar-refractivity contribution in [1.29, 1.82) is 0 Å². The normalized spacial score (nSPS) is 15.9. The number of hydrogen-bond acceptors (Lipinski definition) is 3. The highest BCUT2D eigenvalue weighted by Gasteiger charge is 2.19. The molecule has 1 aliphatic rings. The molecule has 0 aliphatic carbocycles. The molecule has 2 N–H and O–H groups in total. The van der Waals surface area contributed by atoms with Gasteiger partial charge in [0.25, 0.3) is 5.91 Å². The van der Waals surface area contributed by atoms with Crippen molar-refractivity contribution in [2.75, 3.05) is 25.6 Å². The molecule has 1 aromatic rings. The molecule has 4 nitrogen and oxygen atoms in total. The Morgan fingerprint density at radius 2 is 2.36 bits per heavy atom. The fourth-order valence-corrected chi connectivity index (χ4v) is 1.43. The van der Waals surface area contributed by atoms with E-state index >= 15 is 0 Å². The first-order chi connectivity index (χ1) is 6.77. The topological polar surface area (TPSA) is 55.6 Å². The van der Waals surface area contributed by atoms with Crippen molar-refractivity contribution in [2.45, 2.75) is 0 Å². The summed E-state index contributed by atoms with van der Waals surface area (Å²) >= 11 is 0.